The van der Waals surface area contributed by atoms with Crippen LogP contribution in [0.4, 0.5) is 5.69 Å². The van der Waals surface area contributed by atoms with Crippen LogP contribution in [0.2, 0.25) is 0 Å². The number of hydrogen-bond acceptors (Lipinski definition) is 4. The zero-order valence-electron chi connectivity index (χ0n) is 8.86. The second-order valence-electron chi connectivity index (χ2n) is 2.86. The summed E-state index contributed by atoms with van der Waals surface area (Å²) in [7, 11) is 0.322. The number of benzene rings is 1. The summed E-state index contributed by atoms with van der Waals surface area (Å²) in [5.41, 5.74) is 6.21. The van der Waals surface area contributed by atoms with Crippen LogP contribution in [-0.2, 0) is 15.5 Å². The van der Waals surface area contributed by atoms with Crippen molar-refractivity contribution in [2.24, 2.45) is 0 Å². The van der Waals surface area contributed by atoms with Gasteiger partial charge in [-0.3, -0.25) is 4.21 Å². The summed E-state index contributed by atoms with van der Waals surface area (Å²) in [5, 5.41) is 0. The maximum atomic E-state index is 11.7. The van der Waals surface area contributed by atoms with E-state index in [1.54, 1.807) is 25.3 Å². The Morgan fingerprint density at radius 2 is 2.20 bits per heavy atom. The Balaban J connectivity index is 2.86. The molecule has 4 nitrogen and oxygen atoms in total. The van der Waals surface area contributed by atoms with Gasteiger partial charge in [-0.15, -0.1) is 0 Å². The van der Waals surface area contributed by atoms with Crippen LogP contribution in [0.5, 0.6) is 5.75 Å². The van der Waals surface area contributed by atoms with Gasteiger partial charge in [-0.1, -0.05) is 0 Å². The molecule has 0 saturated carbocycles. The Hall–Kier alpha value is -1.07. The van der Waals surface area contributed by atoms with Gasteiger partial charge in [-0.2, -0.15) is 0 Å². The topological polar surface area (TPSA) is 61.5 Å². The summed E-state index contributed by atoms with van der Waals surface area (Å²) in [6, 6.07) is 5.08. The Kier molecular flexibility index (Phi) is 4.58. The molecule has 1 unspecified atom stereocenters. The van der Waals surface area contributed by atoms with Gasteiger partial charge in [0.1, 0.15) is 11.7 Å². The van der Waals surface area contributed by atoms with E-state index in [4.69, 9.17) is 15.2 Å². The summed E-state index contributed by atoms with van der Waals surface area (Å²) < 4.78 is 21.9. The lowest BCUT2D eigenvalue weighted by Crippen LogP contribution is -2.05. The van der Waals surface area contributed by atoms with E-state index in [0.717, 1.165) is 0 Å². The SMILES string of the molecule is CCOCS(=O)c1cc(OC)ccc1N. The molecular weight excluding hydrogens is 214 g/mol. The van der Waals surface area contributed by atoms with Gasteiger partial charge in [0.05, 0.1) is 22.8 Å². The van der Waals surface area contributed by atoms with Gasteiger partial charge in [0.2, 0.25) is 0 Å². The quantitative estimate of drug-likeness (QED) is 0.775. The smallest absolute Gasteiger partial charge is 0.126 e. The molecule has 0 saturated heterocycles. The Morgan fingerprint density at radius 1 is 1.47 bits per heavy atom. The van der Waals surface area contributed by atoms with Crippen molar-refractivity contribution in [2.75, 3.05) is 25.4 Å². The lowest BCUT2D eigenvalue weighted by molar-refractivity contribution is 0.196. The molecule has 0 fully saturated rings. The predicted molar refractivity (Wildman–Crippen MR) is 60.3 cm³/mol. The standard InChI is InChI=1S/C10H15NO3S/c1-3-14-7-15(12)10-6-8(13-2)4-5-9(10)11/h4-6H,3,7,11H2,1-2H3. The Labute approximate surface area is 91.8 Å². The molecule has 0 heterocycles. The zero-order valence-corrected chi connectivity index (χ0v) is 9.67. The Bertz CT molecular complexity index is 355. The molecule has 0 aliphatic rings. The summed E-state index contributed by atoms with van der Waals surface area (Å²) in [5.74, 6) is 0.803. The highest BCUT2D eigenvalue weighted by molar-refractivity contribution is 7.85. The minimum atomic E-state index is -1.23. The first-order chi connectivity index (χ1) is 7.19. The van der Waals surface area contributed by atoms with Crippen LogP contribution >= 0.6 is 0 Å². The van der Waals surface area contributed by atoms with Crippen LogP contribution < -0.4 is 10.5 Å². The van der Waals surface area contributed by atoms with Crippen molar-refractivity contribution in [1.29, 1.82) is 0 Å². The minimum Gasteiger partial charge on any atom is -0.497 e. The fourth-order valence-electron chi connectivity index (χ4n) is 1.06. The van der Waals surface area contributed by atoms with Crippen molar-refractivity contribution in [2.45, 2.75) is 11.8 Å². The summed E-state index contributed by atoms with van der Waals surface area (Å²) in [4.78, 5) is 0.558. The number of anilines is 1. The molecule has 0 radical (unpaired) electrons. The normalized spacial score (nSPS) is 12.4. The maximum Gasteiger partial charge on any atom is 0.126 e. The highest BCUT2D eigenvalue weighted by Crippen LogP contribution is 2.22. The molecule has 0 bridgehead atoms. The van der Waals surface area contributed by atoms with Crippen molar-refractivity contribution in [1.82, 2.24) is 0 Å². The number of nitrogens with two attached hydrogens (primary N) is 1. The molecule has 0 aromatic heterocycles. The molecule has 1 aromatic carbocycles. The highest BCUT2D eigenvalue weighted by atomic mass is 32.2. The molecule has 0 aliphatic carbocycles. The third-order valence-corrected chi connectivity index (χ3v) is 3.09. The molecule has 15 heavy (non-hydrogen) atoms. The van der Waals surface area contributed by atoms with Crippen molar-refractivity contribution in [3.05, 3.63) is 18.2 Å². The van der Waals surface area contributed by atoms with E-state index in [1.807, 2.05) is 6.92 Å². The number of ether oxygens (including phenoxy) is 2. The number of hydrogen-bond donors (Lipinski definition) is 1. The average Bonchev–Trinajstić information content (AvgIpc) is 2.26. The van der Waals surface area contributed by atoms with Crippen LogP contribution in [0.25, 0.3) is 0 Å². The summed E-state index contributed by atoms with van der Waals surface area (Å²) >= 11 is 0. The number of rotatable bonds is 5. The lowest BCUT2D eigenvalue weighted by atomic mass is 10.3. The van der Waals surface area contributed by atoms with Gasteiger partial charge in [0, 0.05) is 12.3 Å². The first kappa shape index (κ1) is 12.0. The molecule has 1 atom stereocenters. The Morgan fingerprint density at radius 3 is 2.80 bits per heavy atom. The predicted octanol–water partition coefficient (Wildman–Crippen LogP) is 1.38. The first-order valence-electron chi connectivity index (χ1n) is 4.58. The highest BCUT2D eigenvalue weighted by Gasteiger charge is 2.09. The van der Waals surface area contributed by atoms with E-state index in [2.05, 4.69) is 0 Å². The molecule has 0 amide bonds. The van der Waals surface area contributed by atoms with Crippen LogP contribution in [0.15, 0.2) is 23.1 Å². The van der Waals surface area contributed by atoms with Gasteiger partial charge in [0.25, 0.3) is 0 Å². The van der Waals surface area contributed by atoms with Gasteiger partial charge in [-0.25, -0.2) is 0 Å². The lowest BCUT2D eigenvalue weighted by Gasteiger charge is -2.07. The molecule has 1 aromatic rings. The van der Waals surface area contributed by atoms with Crippen molar-refractivity contribution in [3.8, 4) is 5.75 Å². The van der Waals surface area contributed by atoms with Crippen LogP contribution in [-0.4, -0.2) is 23.9 Å². The minimum absolute atomic E-state index is 0.161. The molecule has 84 valence electrons. The molecular formula is C10H15NO3S. The second kappa shape index (κ2) is 5.72. The second-order valence-corrected chi connectivity index (χ2v) is 4.23. The fourth-order valence-corrected chi connectivity index (χ4v) is 2.08. The van der Waals surface area contributed by atoms with E-state index in [9.17, 15) is 4.21 Å². The van der Waals surface area contributed by atoms with Crippen LogP contribution in [0.3, 0.4) is 0 Å². The fraction of sp³-hybridized carbons (Fsp3) is 0.400. The van der Waals surface area contributed by atoms with E-state index in [-0.39, 0.29) is 5.94 Å². The summed E-state index contributed by atoms with van der Waals surface area (Å²) in [6.07, 6.45) is 0. The van der Waals surface area contributed by atoms with Gasteiger partial charge < -0.3 is 15.2 Å². The monoisotopic (exact) mass is 229 g/mol. The third kappa shape index (κ3) is 3.21. The van der Waals surface area contributed by atoms with E-state index in [1.165, 1.54) is 0 Å². The molecule has 2 N–H and O–H groups in total. The van der Waals surface area contributed by atoms with Crippen LogP contribution in [0, 0.1) is 0 Å². The largest absolute Gasteiger partial charge is 0.497 e. The van der Waals surface area contributed by atoms with Gasteiger partial charge in [-0.05, 0) is 25.1 Å². The van der Waals surface area contributed by atoms with Crippen LogP contribution in [0.1, 0.15) is 6.92 Å². The number of methoxy groups -OCH3 is 1. The summed E-state index contributed by atoms with van der Waals surface area (Å²) in [6.45, 7) is 2.39. The molecule has 1 rings (SSSR count). The van der Waals surface area contributed by atoms with E-state index >= 15 is 0 Å². The van der Waals surface area contributed by atoms with Gasteiger partial charge >= 0.3 is 0 Å². The zero-order chi connectivity index (χ0) is 11.3. The van der Waals surface area contributed by atoms with Crippen molar-refractivity contribution < 1.29 is 13.7 Å². The third-order valence-electron chi connectivity index (χ3n) is 1.86. The average molecular weight is 229 g/mol. The van der Waals surface area contributed by atoms with Crippen molar-refractivity contribution >= 4 is 16.5 Å². The molecule has 5 heteroatoms. The maximum absolute atomic E-state index is 11.7. The van der Waals surface area contributed by atoms with Gasteiger partial charge in [0.15, 0.2) is 0 Å². The molecule has 0 aliphatic heterocycles. The van der Waals surface area contributed by atoms with Crippen molar-refractivity contribution in [3.63, 3.8) is 0 Å². The molecule has 0 spiro atoms. The van der Waals surface area contributed by atoms with E-state index in [0.29, 0.717) is 22.9 Å². The first-order valence-corrected chi connectivity index (χ1v) is 5.90. The number of nitrogen functional groups attached to an aromatic ring is 1. The van der Waals surface area contributed by atoms with E-state index < -0.39 is 10.8 Å².